The fourth-order valence-corrected chi connectivity index (χ4v) is 1.38. The molecule has 0 fully saturated rings. The van der Waals surface area contributed by atoms with Gasteiger partial charge in [0, 0.05) is 0 Å². The summed E-state index contributed by atoms with van der Waals surface area (Å²) in [5.41, 5.74) is 0. The second-order valence-electron chi connectivity index (χ2n) is 2.51. The Kier molecular flexibility index (Phi) is 7.56. The van der Waals surface area contributed by atoms with E-state index in [1.807, 2.05) is 0 Å². The van der Waals surface area contributed by atoms with Gasteiger partial charge in [0.05, 0.1) is 0 Å². The van der Waals surface area contributed by atoms with Crippen molar-refractivity contribution in [3.63, 3.8) is 0 Å². The normalized spacial score (nSPS) is 12.1. The van der Waals surface area contributed by atoms with E-state index in [2.05, 4.69) is 25.7 Å². The zero-order valence-electron chi connectivity index (χ0n) is 7.31. The average Bonchev–Trinajstić information content (AvgIpc) is 1.98. The van der Waals surface area contributed by atoms with Crippen molar-refractivity contribution in [3.05, 3.63) is 10.5 Å². The van der Waals surface area contributed by atoms with E-state index in [0.717, 1.165) is 15.0 Å². The molecule has 60 valence electrons. The van der Waals surface area contributed by atoms with Crippen molar-refractivity contribution < 1.29 is 0 Å². The van der Waals surface area contributed by atoms with Gasteiger partial charge in [-0.2, -0.15) is 0 Å². The summed E-state index contributed by atoms with van der Waals surface area (Å²) in [7, 11) is 0. The van der Waals surface area contributed by atoms with Gasteiger partial charge in [0.15, 0.2) is 0 Å². The average molecular weight is 205 g/mol. The van der Waals surface area contributed by atoms with Gasteiger partial charge < -0.3 is 0 Å². The van der Waals surface area contributed by atoms with Crippen LogP contribution >= 0.6 is 0 Å². The first-order chi connectivity index (χ1) is 4.81. The van der Waals surface area contributed by atoms with Crippen LogP contribution in [0.5, 0.6) is 0 Å². The van der Waals surface area contributed by atoms with Gasteiger partial charge in [0.1, 0.15) is 0 Å². The molecule has 0 heterocycles. The van der Waals surface area contributed by atoms with Gasteiger partial charge in [0.25, 0.3) is 0 Å². The fourth-order valence-electron chi connectivity index (χ4n) is 0.783. The Morgan fingerprint density at radius 2 is 2.10 bits per heavy atom. The van der Waals surface area contributed by atoms with E-state index in [1.165, 1.54) is 25.7 Å². The molecule has 0 spiro atoms. The van der Waals surface area contributed by atoms with E-state index >= 15 is 0 Å². The minimum absolute atomic E-state index is 0.742. The summed E-state index contributed by atoms with van der Waals surface area (Å²) in [5.74, 6) is 2.28. The van der Waals surface area contributed by atoms with Crippen molar-refractivity contribution in [2.24, 2.45) is 0 Å². The maximum absolute atomic E-state index is 2.40. The Morgan fingerprint density at radius 3 is 2.60 bits per heavy atom. The van der Waals surface area contributed by atoms with Gasteiger partial charge in [-0.15, -0.1) is 0 Å². The Balaban J connectivity index is 3.16. The number of hydrogen-bond acceptors (Lipinski definition) is 0. The van der Waals surface area contributed by atoms with Crippen LogP contribution in [0, 0.1) is 0 Å². The number of hydrogen-bond donors (Lipinski definition) is 0. The Hall–Kier alpha value is 0.259. The monoisotopic (exact) mass is 206 g/mol. The van der Waals surface area contributed by atoms with E-state index in [0.29, 0.717) is 0 Å². The van der Waals surface area contributed by atoms with Crippen LogP contribution in [0.1, 0.15) is 39.5 Å². The van der Waals surface area contributed by atoms with E-state index in [9.17, 15) is 0 Å². The summed E-state index contributed by atoms with van der Waals surface area (Å²) in [4.78, 5) is 0. The molecule has 0 saturated carbocycles. The number of rotatable bonds is 5. The van der Waals surface area contributed by atoms with Crippen LogP contribution in [-0.4, -0.2) is 15.0 Å². The quantitative estimate of drug-likeness (QED) is 0.477. The summed E-state index contributed by atoms with van der Waals surface area (Å²) < 4.78 is 1.60. The molecule has 0 atom stereocenters. The van der Waals surface area contributed by atoms with E-state index in [1.54, 1.807) is 4.47 Å². The molecule has 0 unspecified atom stereocenters. The maximum atomic E-state index is 2.40. The third kappa shape index (κ3) is 6.38. The fraction of sp³-hybridized carbons (Fsp3) is 0.778. The topological polar surface area (TPSA) is 0 Å². The predicted octanol–water partition coefficient (Wildman–Crippen LogP) is 3.22. The molecule has 0 aromatic rings. The zero-order chi connectivity index (χ0) is 7.82. The van der Waals surface area contributed by atoms with Gasteiger partial charge in [-0.1, -0.05) is 0 Å². The molecule has 10 heavy (non-hydrogen) atoms. The number of allylic oxidation sites excluding steroid dienone is 2. The summed E-state index contributed by atoms with van der Waals surface area (Å²) in [6, 6.07) is 0. The Morgan fingerprint density at radius 1 is 1.40 bits per heavy atom. The molecule has 0 aromatic carbocycles. The molecule has 0 N–H and O–H groups in total. The molecule has 1 heteroatoms. The molecule has 0 rings (SSSR count). The van der Waals surface area contributed by atoms with Crippen molar-refractivity contribution in [1.82, 2.24) is 0 Å². The van der Waals surface area contributed by atoms with Crippen LogP contribution < -0.4 is 0 Å². The van der Waals surface area contributed by atoms with E-state index in [-0.39, 0.29) is 0 Å². The van der Waals surface area contributed by atoms with Crippen molar-refractivity contribution in [2.75, 3.05) is 0 Å². The molecule has 0 aliphatic rings. The standard InChI is InChI=1S/C9H18Se/c1-4-5-6-7-8-9(2)10-3/h8H,4-7H2,1-3H3/b9-8+. The van der Waals surface area contributed by atoms with Crippen LogP contribution in [0.4, 0.5) is 0 Å². The second kappa shape index (κ2) is 7.37. The first kappa shape index (κ1) is 10.3. The van der Waals surface area contributed by atoms with Crippen LogP contribution in [0.15, 0.2) is 10.5 Å². The van der Waals surface area contributed by atoms with Crippen LogP contribution in [0.25, 0.3) is 0 Å². The minimum atomic E-state index is 0.742. The third-order valence-electron chi connectivity index (χ3n) is 1.56. The molecule has 0 radical (unpaired) electrons. The predicted molar refractivity (Wildman–Crippen MR) is 49.5 cm³/mol. The third-order valence-corrected chi connectivity index (χ3v) is 3.26. The molecule has 0 saturated heterocycles. The molecule has 0 aromatic heterocycles. The second-order valence-corrected chi connectivity index (χ2v) is 4.72. The van der Waals surface area contributed by atoms with Gasteiger partial charge in [-0.05, 0) is 0 Å². The number of unbranched alkanes of at least 4 members (excludes halogenated alkanes) is 3. The molecule has 0 aliphatic carbocycles. The van der Waals surface area contributed by atoms with Gasteiger partial charge in [-0.25, -0.2) is 0 Å². The molecule has 0 bridgehead atoms. The van der Waals surface area contributed by atoms with Gasteiger partial charge in [0.2, 0.25) is 0 Å². The van der Waals surface area contributed by atoms with Crippen LogP contribution in [-0.2, 0) is 0 Å². The zero-order valence-corrected chi connectivity index (χ0v) is 9.03. The van der Waals surface area contributed by atoms with Crippen molar-refractivity contribution in [2.45, 2.75) is 45.4 Å². The van der Waals surface area contributed by atoms with Crippen LogP contribution in [0.3, 0.4) is 0 Å². The van der Waals surface area contributed by atoms with Crippen molar-refractivity contribution >= 4 is 15.0 Å². The molecular weight excluding hydrogens is 187 g/mol. The first-order valence-electron chi connectivity index (χ1n) is 4.02. The van der Waals surface area contributed by atoms with Crippen LogP contribution in [0.2, 0.25) is 5.82 Å². The molecule has 0 nitrogen and oxygen atoms in total. The summed E-state index contributed by atoms with van der Waals surface area (Å²) in [5, 5.41) is 0. The van der Waals surface area contributed by atoms with E-state index in [4.69, 9.17) is 0 Å². The van der Waals surface area contributed by atoms with Crippen molar-refractivity contribution in [3.8, 4) is 0 Å². The molecule has 0 amide bonds. The Bertz CT molecular complexity index is 94.9. The SMILES string of the molecule is CCCCC/C=C(\C)[Se]C. The summed E-state index contributed by atoms with van der Waals surface area (Å²) in [6.07, 6.45) is 7.81. The van der Waals surface area contributed by atoms with E-state index < -0.39 is 0 Å². The molecular formula is C9H18Se. The summed E-state index contributed by atoms with van der Waals surface area (Å²) >= 11 is 0.742. The summed E-state index contributed by atoms with van der Waals surface area (Å²) in [6.45, 7) is 4.49. The van der Waals surface area contributed by atoms with Crippen molar-refractivity contribution in [1.29, 1.82) is 0 Å². The first-order valence-corrected chi connectivity index (χ1v) is 6.59. The Labute approximate surface area is 71.2 Å². The van der Waals surface area contributed by atoms with Gasteiger partial charge >= 0.3 is 70.9 Å². The van der Waals surface area contributed by atoms with Gasteiger partial charge in [-0.3, -0.25) is 0 Å². The molecule has 0 aliphatic heterocycles.